The van der Waals surface area contributed by atoms with E-state index >= 15 is 0 Å². The van der Waals surface area contributed by atoms with E-state index in [0.717, 1.165) is 17.0 Å². The second kappa shape index (κ2) is 7.63. The van der Waals surface area contributed by atoms with E-state index in [1.54, 1.807) is 25.5 Å². The van der Waals surface area contributed by atoms with Crippen LogP contribution in [-0.2, 0) is 0 Å². The number of carbonyl (C=O) groups excluding carboxylic acids is 1. The van der Waals surface area contributed by atoms with Crippen molar-refractivity contribution in [3.8, 4) is 11.4 Å². The standard InChI is InChI=1S/C18H15ClN4O2/c1-25-15-6-4-14(5-7-15)23-10-8-13(12-23)11-21-22-18(24)16-3-2-9-20-17(16)19/h2-12H,1H3,(H,22,24)/b21-11-. The highest BCUT2D eigenvalue weighted by Crippen LogP contribution is 2.15. The number of pyridine rings is 1. The molecule has 1 amide bonds. The van der Waals surface area contributed by atoms with E-state index < -0.39 is 5.91 Å². The highest BCUT2D eigenvalue weighted by molar-refractivity contribution is 6.32. The number of hydrogen-bond donors (Lipinski definition) is 1. The molecule has 0 aliphatic carbocycles. The Hall–Kier alpha value is -3.12. The smallest absolute Gasteiger partial charge is 0.274 e. The van der Waals surface area contributed by atoms with Gasteiger partial charge in [0.1, 0.15) is 10.9 Å². The second-order valence-corrected chi connectivity index (χ2v) is 5.45. The van der Waals surface area contributed by atoms with Crippen molar-refractivity contribution >= 4 is 23.7 Å². The van der Waals surface area contributed by atoms with Gasteiger partial charge in [-0.2, -0.15) is 5.10 Å². The largest absolute Gasteiger partial charge is 0.497 e. The third-order valence-electron chi connectivity index (χ3n) is 3.47. The van der Waals surface area contributed by atoms with Crippen molar-refractivity contribution in [1.82, 2.24) is 15.0 Å². The molecule has 0 bridgehead atoms. The van der Waals surface area contributed by atoms with Crippen molar-refractivity contribution in [3.05, 3.63) is 77.3 Å². The summed E-state index contributed by atoms with van der Waals surface area (Å²) in [4.78, 5) is 15.8. The van der Waals surface area contributed by atoms with Crippen LogP contribution < -0.4 is 10.2 Å². The van der Waals surface area contributed by atoms with E-state index in [9.17, 15) is 4.79 Å². The molecule has 6 nitrogen and oxygen atoms in total. The van der Waals surface area contributed by atoms with Gasteiger partial charge in [-0.15, -0.1) is 0 Å². The fourth-order valence-electron chi connectivity index (χ4n) is 2.19. The molecule has 0 fully saturated rings. The molecule has 3 rings (SSSR count). The number of hydrazone groups is 1. The molecule has 0 saturated carbocycles. The van der Waals surface area contributed by atoms with Gasteiger partial charge >= 0.3 is 0 Å². The Bertz CT molecular complexity index is 903. The van der Waals surface area contributed by atoms with E-state index in [0.29, 0.717) is 0 Å². The molecule has 0 aliphatic rings. The lowest BCUT2D eigenvalue weighted by Gasteiger charge is -2.04. The Morgan fingerprint density at radius 1 is 1.28 bits per heavy atom. The molecular formula is C18H15ClN4O2. The normalized spacial score (nSPS) is 10.8. The van der Waals surface area contributed by atoms with Gasteiger partial charge in [-0.3, -0.25) is 4.79 Å². The van der Waals surface area contributed by atoms with Crippen LogP contribution >= 0.6 is 11.6 Å². The molecule has 2 aromatic heterocycles. The van der Waals surface area contributed by atoms with Crippen molar-refractivity contribution in [2.24, 2.45) is 5.10 Å². The molecule has 126 valence electrons. The number of rotatable bonds is 5. The first-order valence-corrected chi connectivity index (χ1v) is 7.81. The Morgan fingerprint density at radius 3 is 2.80 bits per heavy atom. The lowest BCUT2D eigenvalue weighted by atomic mass is 10.3. The predicted octanol–water partition coefficient (Wildman–Crippen LogP) is 3.30. The van der Waals surface area contributed by atoms with Crippen molar-refractivity contribution in [3.63, 3.8) is 0 Å². The fourth-order valence-corrected chi connectivity index (χ4v) is 2.39. The molecule has 0 radical (unpaired) electrons. The molecule has 25 heavy (non-hydrogen) atoms. The van der Waals surface area contributed by atoms with Gasteiger partial charge in [0.15, 0.2) is 0 Å². The third kappa shape index (κ3) is 4.05. The number of nitrogens with one attached hydrogen (secondary N) is 1. The summed E-state index contributed by atoms with van der Waals surface area (Å²) >= 11 is 5.87. The number of aromatic nitrogens is 2. The monoisotopic (exact) mass is 354 g/mol. The molecule has 0 atom stereocenters. The highest BCUT2D eigenvalue weighted by Gasteiger charge is 2.09. The molecule has 0 saturated heterocycles. The summed E-state index contributed by atoms with van der Waals surface area (Å²) in [6, 6.07) is 12.8. The molecular weight excluding hydrogens is 340 g/mol. The van der Waals surface area contributed by atoms with Gasteiger partial charge in [0.25, 0.3) is 5.91 Å². The minimum atomic E-state index is -0.413. The van der Waals surface area contributed by atoms with Gasteiger partial charge < -0.3 is 9.30 Å². The molecule has 0 aliphatic heterocycles. The zero-order chi connectivity index (χ0) is 17.6. The van der Waals surface area contributed by atoms with Crippen LogP contribution in [0.3, 0.4) is 0 Å². The number of amides is 1. The summed E-state index contributed by atoms with van der Waals surface area (Å²) in [5, 5.41) is 4.09. The Kier molecular flexibility index (Phi) is 5.11. The van der Waals surface area contributed by atoms with Crippen molar-refractivity contribution in [2.45, 2.75) is 0 Å². The zero-order valence-electron chi connectivity index (χ0n) is 13.4. The highest BCUT2D eigenvalue weighted by atomic mass is 35.5. The van der Waals surface area contributed by atoms with Crippen molar-refractivity contribution < 1.29 is 9.53 Å². The average molecular weight is 355 g/mol. The fraction of sp³-hybridized carbons (Fsp3) is 0.0556. The molecule has 0 spiro atoms. The zero-order valence-corrected chi connectivity index (χ0v) is 14.1. The quantitative estimate of drug-likeness (QED) is 0.434. The van der Waals surface area contributed by atoms with Gasteiger partial charge in [0.2, 0.25) is 0 Å². The molecule has 1 aromatic carbocycles. The number of ether oxygens (including phenoxy) is 1. The second-order valence-electron chi connectivity index (χ2n) is 5.09. The SMILES string of the molecule is COc1ccc(-n2ccc(/C=N\NC(=O)c3cccnc3Cl)c2)cc1. The van der Waals surface area contributed by atoms with Gasteiger partial charge in [-0.25, -0.2) is 10.4 Å². The summed E-state index contributed by atoms with van der Waals surface area (Å²) < 4.78 is 7.09. The van der Waals surface area contributed by atoms with E-state index in [4.69, 9.17) is 16.3 Å². The van der Waals surface area contributed by atoms with Crippen LogP contribution in [0, 0.1) is 0 Å². The number of carbonyl (C=O) groups is 1. The number of methoxy groups -OCH3 is 1. The van der Waals surface area contributed by atoms with Crippen LogP contribution in [0.2, 0.25) is 5.15 Å². The van der Waals surface area contributed by atoms with E-state index in [-0.39, 0.29) is 10.7 Å². The van der Waals surface area contributed by atoms with E-state index in [1.165, 1.54) is 6.20 Å². The molecule has 0 unspecified atom stereocenters. The first-order chi connectivity index (χ1) is 12.2. The predicted molar refractivity (Wildman–Crippen MR) is 96.6 cm³/mol. The summed E-state index contributed by atoms with van der Waals surface area (Å²) in [6.07, 6.45) is 6.88. The van der Waals surface area contributed by atoms with Crippen LogP contribution in [0.1, 0.15) is 15.9 Å². The topological polar surface area (TPSA) is 68.5 Å². The summed E-state index contributed by atoms with van der Waals surface area (Å²) in [5.74, 6) is 0.387. The minimum absolute atomic E-state index is 0.140. The first kappa shape index (κ1) is 16.7. The van der Waals surface area contributed by atoms with Crippen LogP contribution in [0.25, 0.3) is 5.69 Å². The van der Waals surface area contributed by atoms with Crippen LogP contribution in [0.5, 0.6) is 5.75 Å². The summed E-state index contributed by atoms with van der Waals surface area (Å²) in [7, 11) is 1.63. The van der Waals surface area contributed by atoms with Gasteiger partial charge in [-0.05, 0) is 42.5 Å². The maximum atomic E-state index is 12.0. The molecule has 1 N–H and O–H groups in total. The maximum Gasteiger partial charge on any atom is 0.274 e. The molecule has 7 heteroatoms. The third-order valence-corrected chi connectivity index (χ3v) is 3.77. The average Bonchev–Trinajstić information content (AvgIpc) is 3.11. The minimum Gasteiger partial charge on any atom is -0.497 e. The van der Waals surface area contributed by atoms with Gasteiger partial charge in [0.05, 0.1) is 18.9 Å². The van der Waals surface area contributed by atoms with Crippen LogP contribution in [-0.4, -0.2) is 28.8 Å². The maximum absolute atomic E-state index is 12.0. The lowest BCUT2D eigenvalue weighted by Crippen LogP contribution is -2.18. The number of hydrogen-bond acceptors (Lipinski definition) is 4. The first-order valence-electron chi connectivity index (χ1n) is 7.44. The number of nitrogens with zero attached hydrogens (tertiary/aromatic N) is 3. The van der Waals surface area contributed by atoms with Crippen molar-refractivity contribution in [1.29, 1.82) is 0 Å². The van der Waals surface area contributed by atoms with Gasteiger partial charge in [-0.1, -0.05) is 11.6 Å². The van der Waals surface area contributed by atoms with E-state index in [2.05, 4.69) is 15.5 Å². The van der Waals surface area contributed by atoms with Crippen LogP contribution in [0.15, 0.2) is 66.2 Å². The Labute approximate surface area is 149 Å². The molecule has 3 aromatic rings. The van der Waals surface area contributed by atoms with Gasteiger partial charge in [0, 0.05) is 29.8 Å². The summed E-state index contributed by atoms with van der Waals surface area (Å²) in [6.45, 7) is 0. The number of halogens is 1. The van der Waals surface area contributed by atoms with Crippen LogP contribution in [0.4, 0.5) is 0 Å². The molecule has 2 heterocycles. The Morgan fingerprint density at radius 2 is 2.08 bits per heavy atom. The van der Waals surface area contributed by atoms with Crippen molar-refractivity contribution in [2.75, 3.05) is 7.11 Å². The Balaban J connectivity index is 1.65. The lowest BCUT2D eigenvalue weighted by molar-refractivity contribution is 0.0955. The summed E-state index contributed by atoms with van der Waals surface area (Å²) in [5.41, 5.74) is 4.54. The van der Waals surface area contributed by atoms with E-state index in [1.807, 2.05) is 47.3 Å². The number of benzene rings is 1.